The van der Waals surface area contributed by atoms with E-state index < -0.39 is 0 Å². The standard InChI is InChI=1S/C17H14N4OS2/c1-22-15-8-3-2-7-14(15)19-16-20-21-17(24-16)23-11-13-6-4-5-12(9-13)10-18/h2-9H,11H2,1H3,(H,19,20). The van der Waals surface area contributed by atoms with Gasteiger partial charge < -0.3 is 10.1 Å². The highest BCUT2D eigenvalue weighted by molar-refractivity contribution is 8.00. The topological polar surface area (TPSA) is 70.8 Å². The van der Waals surface area contributed by atoms with Gasteiger partial charge in [-0.25, -0.2) is 0 Å². The second-order valence-corrected chi connectivity index (χ2v) is 7.00. The van der Waals surface area contributed by atoms with E-state index in [1.165, 1.54) is 11.3 Å². The van der Waals surface area contributed by atoms with Crippen LogP contribution in [0.25, 0.3) is 0 Å². The van der Waals surface area contributed by atoms with Crippen molar-refractivity contribution in [2.24, 2.45) is 0 Å². The summed E-state index contributed by atoms with van der Waals surface area (Å²) >= 11 is 3.08. The summed E-state index contributed by atoms with van der Waals surface area (Å²) in [4.78, 5) is 0. The molecule has 5 nitrogen and oxygen atoms in total. The van der Waals surface area contributed by atoms with Crippen LogP contribution in [0.3, 0.4) is 0 Å². The lowest BCUT2D eigenvalue weighted by Gasteiger charge is -2.07. The van der Waals surface area contributed by atoms with Crippen LogP contribution in [0.5, 0.6) is 5.75 Å². The van der Waals surface area contributed by atoms with Gasteiger partial charge in [0.1, 0.15) is 5.75 Å². The Balaban J connectivity index is 1.64. The number of thioether (sulfide) groups is 1. The van der Waals surface area contributed by atoms with Gasteiger partial charge in [0, 0.05) is 5.75 Å². The minimum Gasteiger partial charge on any atom is -0.495 e. The number of nitrogens with zero attached hydrogens (tertiary/aromatic N) is 3. The first kappa shape index (κ1) is 16.3. The van der Waals surface area contributed by atoms with Crippen molar-refractivity contribution >= 4 is 33.9 Å². The number of hydrogen-bond donors (Lipinski definition) is 1. The van der Waals surface area contributed by atoms with Gasteiger partial charge >= 0.3 is 0 Å². The highest BCUT2D eigenvalue weighted by Crippen LogP contribution is 2.32. The molecule has 0 amide bonds. The van der Waals surface area contributed by atoms with Gasteiger partial charge in [0.25, 0.3) is 0 Å². The number of benzene rings is 2. The van der Waals surface area contributed by atoms with E-state index in [1.54, 1.807) is 24.9 Å². The Morgan fingerprint density at radius 1 is 1.21 bits per heavy atom. The van der Waals surface area contributed by atoms with E-state index in [9.17, 15) is 0 Å². The third kappa shape index (κ3) is 4.04. The summed E-state index contributed by atoms with van der Waals surface area (Å²) in [5.74, 6) is 1.51. The number of nitrogens with one attached hydrogen (secondary N) is 1. The molecule has 3 aromatic rings. The molecule has 1 heterocycles. The predicted molar refractivity (Wildman–Crippen MR) is 96.9 cm³/mol. The van der Waals surface area contributed by atoms with Crippen LogP contribution in [0.15, 0.2) is 52.9 Å². The molecule has 2 aromatic carbocycles. The molecular weight excluding hydrogens is 340 g/mol. The average molecular weight is 354 g/mol. The smallest absolute Gasteiger partial charge is 0.210 e. The number of nitriles is 1. The van der Waals surface area contributed by atoms with E-state index in [2.05, 4.69) is 21.6 Å². The summed E-state index contributed by atoms with van der Waals surface area (Å²) in [6.07, 6.45) is 0. The van der Waals surface area contributed by atoms with Gasteiger partial charge in [-0.05, 0) is 29.8 Å². The number of hydrogen-bond acceptors (Lipinski definition) is 7. The van der Waals surface area contributed by atoms with E-state index in [0.29, 0.717) is 10.7 Å². The van der Waals surface area contributed by atoms with Gasteiger partial charge in [-0.15, -0.1) is 10.2 Å². The molecule has 0 saturated heterocycles. The Hall–Kier alpha value is -2.56. The molecule has 0 saturated carbocycles. The molecule has 24 heavy (non-hydrogen) atoms. The molecule has 0 bridgehead atoms. The van der Waals surface area contributed by atoms with Gasteiger partial charge in [0.15, 0.2) is 4.34 Å². The molecule has 0 aliphatic rings. The first-order valence-electron chi connectivity index (χ1n) is 7.14. The van der Waals surface area contributed by atoms with Crippen LogP contribution in [0.2, 0.25) is 0 Å². The van der Waals surface area contributed by atoms with Gasteiger partial charge in [-0.3, -0.25) is 0 Å². The summed E-state index contributed by atoms with van der Waals surface area (Å²) in [7, 11) is 1.64. The van der Waals surface area contributed by atoms with Crippen LogP contribution in [-0.2, 0) is 5.75 Å². The normalized spacial score (nSPS) is 10.2. The molecule has 1 aromatic heterocycles. The van der Waals surface area contributed by atoms with Gasteiger partial charge in [0.2, 0.25) is 5.13 Å². The minimum atomic E-state index is 0.670. The monoisotopic (exact) mass is 354 g/mol. The molecule has 120 valence electrons. The lowest BCUT2D eigenvalue weighted by atomic mass is 10.2. The maximum atomic E-state index is 8.94. The molecule has 0 atom stereocenters. The van der Waals surface area contributed by atoms with Crippen molar-refractivity contribution in [3.8, 4) is 11.8 Å². The van der Waals surface area contributed by atoms with Gasteiger partial charge in [-0.2, -0.15) is 5.26 Å². The zero-order valence-electron chi connectivity index (χ0n) is 12.9. The maximum absolute atomic E-state index is 8.94. The fourth-order valence-corrected chi connectivity index (χ4v) is 3.76. The molecule has 0 aliphatic carbocycles. The summed E-state index contributed by atoms with van der Waals surface area (Å²) < 4.78 is 6.18. The van der Waals surface area contributed by atoms with Crippen LogP contribution in [0.1, 0.15) is 11.1 Å². The zero-order chi connectivity index (χ0) is 16.8. The Morgan fingerprint density at radius 3 is 2.92 bits per heavy atom. The van der Waals surface area contributed by atoms with Crippen LogP contribution in [-0.4, -0.2) is 17.3 Å². The first-order valence-corrected chi connectivity index (χ1v) is 8.94. The Labute approximate surface area is 148 Å². The van der Waals surface area contributed by atoms with Crippen LogP contribution >= 0.6 is 23.1 Å². The molecule has 7 heteroatoms. The first-order chi connectivity index (χ1) is 11.8. The van der Waals surface area contributed by atoms with Crippen LogP contribution in [0.4, 0.5) is 10.8 Å². The highest BCUT2D eigenvalue weighted by Gasteiger charge is 2.08. The summed E-state index contributed by atoms with van der Waals surface area (Å²) in [5, 5.41) is 21.2. The van der Waals surface area contributed by atoms with Crippen molar-refractivity contribution in [3.05, 3.63) is 59.7 Å². The second kappa shape index (κ2) is 7.81. The van der Waals surface area contributed by atoms with Crippen LogP contribution < -0.4 is 10.1 Å². The van der Waals surface area contributed by atoms with Gasteiger partial charge in [-0.1, -0.05) is 47.4 Å². The number of methoxy groups -OCH3 is 1. The summed E-state index contributed by atoms with van der Waals surface area (Å²) in [6.45, 7) is 0. The molecule has 0 aliphatic heterocycles. The summed E-state index contributed by atoms with van der Waals surface area (Å²) in [6, 6.07) is 17.4. The van der Waals surface area contributed by atoms with Crippen molar-refractivity contribution in [2.45, 2.75) is 10.1 Å². The fraction of sp³-hybridized carbons (Fsp3) is 0.118. The Morgan fingerprint density at radius 2 is 2.08 bits per heavy atom. The molecule has 0 fully saturated rings. The lowest BCUT2D eigenvalue weighted by Crippen LogP contribution is -1.93. The molecule has 1 N–H and O–H groups in total. The van der Waals surface area contributed by atoms with Crippen molar-refractivity contribution in [2.75, 3.05) is 12.4 Å². The average Bonchev–Trinajstić information content (AvgIpc) is 3.08. The van der Waals surface area contributed by atoms with Crippen molar-refractivity contribution in [3.63, 3.8) is 0 Å². The van der Waals surface area contributed by atoms with Gasteiger partial charge in [0.05, 0.1) is 24.4 Å². The molecule has 0 spiro atoms. The van der Waals surface area contributed by atoms with E-state index >= 15 is 0 Å². The Kier molecular flexibility index (Phi) is 5.31. The number of ether oxygens (including phenoxy) is 1. The lowest BCUT2D eigenvalue weighted by molar-refractivity contribution is 0.417. The molecule has 0 unspecified atom stereocenters. The molecule has 3 rings (SSSR count). The van der Waals surface area contributed by atoms with E-state index in [4.69, 9.17) is 10.00 Å². The van der Waals surface area contributed by atoms with E-state index in [-0.39, 0.29) is 0 Å². The molecule has 0 radical (unpaired) electrons. The zero-order valence-corrected chi connectivity index (χ0v) is 14.5. The Bertz CT molecular complexity index is 873. The third-order valence-corrected chi connectivity index (χ3v) is 5.22. The fourth-order valence-electron chi connectivity index (χ4n) is 2.06. The number of aromatic nitrogens is 2. The quantitative estimate of drug-likeness (QED) is 0.659. The molecular formula is C17H14N4OS2. The highest BCUT2D eigenvalue weighted by atomic mass is 32.2. The SMILES string of the molecule is COc1ccccc1Nc1nnc(SCc2cccc(C#N)c2)s1. The van der Waals surface area contributed by atoms with Crippen molar-refractivity contribution in [1.29, 1.82) is 5.26 Å². The number of anilines is 2. The third-order valence-electron chi connectivity index (χ3n) is 3.17. The van der Waals surface area contributed by atoms with Crippen molar-refractivity contribution < 1.29 is 4.74 Å². The predicted octanol–water partition coefficient (Wildman–Crippen LogP) is 4.45. The number of para-hydroxylation sites is 2. The van der Waals surface area contributed by atoms with E-state index in [1.807, 2.05) is 42.5 Å². The number of rotatable bonds is 6. The van der Waals surface area contributed by atoms with Crippen molar-refractivity contribution in [1.82, 2.24) is 10.2 Å². The van der Waals surface area contributed by atoms with E-state index in [0.717, 1.165) is 27.1 Å². The largest absolute Gasteiger partial charge is 0.495 e. The second-order valence-electron chi connectivity index (χ2n) is 4.80. The maximum Gasteiger partial charge on any atom is 0.210 e. The minimum absolute atomic E-state index is 0.670. The summed E-state index contributed by atoms with van der Waals surface area (Å²) in [5.41, 5.74) is 2.62. The van der Waals surface area contributed by atoms with Crippen LogP contribution in [0, 0.1) is 11.3 Å².